The second-order valence-electron chi connectivity index (χ2n) is 3.77. The van der Waals surface area contributed by atoms with Gasteiger partial charge in [-0.25, -0.2) is 0 Å². The molecule has 17 heavy (non-hydrogen) atoms. The lowest BCUT2D eigenvalue weighted by Crippen LogP contribution is -2.29. The number of nitrogens with zero attached hydrogens (tertiary/aromatic N) is 2. The first-order valence-corrected chi connectivity index (χ1v) is 6.09. The molecule has 1 aliphatic rings. The molecule has 0 aliphatic carbocycles. The van der Waals surface area contributed by atoms with Gasteiger partial charge in [0.15, 0.2) is 0 Å². The molecule has 0 radical (unpaired) electrons. The molecule has 0 amide bonds. The van der Waals surface area contributed by atoms with Gasteiger partial charge in [-0.05, 0) is 42.8 Å². The van der Waals surface area contributed by atoms with Gasteiger partial charge in [-0.15, -0.1) is 0 Å². The van der Waals surface area contributed by atoms with Crippen LogP contribution in [-0.2, 0) is 0 Å². The van der Waals surface area contributed by atoms with Crippen molar-refractivity contribution in [1.82, 2.24) is 0 Å². The van der Waals surface area contributed by atoms with Gasteiger partial charge in [-0.2, -0.15) is 0 Å². The maximum atomic E-state index is 5.89. The van der Waals surface area contributed by atoms with Gasteiger partial charge in [0.2, 0.25) is 0 Å². The Hall–Kier alpha value is -1.54. The van der Waals surface area contributed by atoms with Crippen molar-refractivity contribution in [2.75, 3.05) is 4.90 Å². The molecule has 0 N–H and O–H groups in total. The minimum absolute atomic E-state index is 0.0427. The molecule has 88 valence electrons. The van der Waals surface area contributed by atoms with Gasteiger partial charge in [-0.1, -0.05) is 24.6 Å². The first-order valence-electron chi connectivity index (χ1n) is 5.72. The normalized spacial score (nSPS) is 19.2. The highest BCUT2D eigenvalue weighted by Gasteiger charge is 2.13. The van der Waals surface area contributed by atoms with E-state index >= 15 is 0 Å². The molecule has 1 aliphatic heterocycles. The van der Waals surface area contributed by atoms with Crippen LogP contribution in [0.4, 0.5) is 5.69 Å². The van der Waals surface area contributed by atoms with Crippen LogP contribution in [0.2, 0.25) is 5.02 Å². The van der Waals surface area contributed by atoms with E-state index in [-0.39, 0.29) is 6.17 Å². The number of allylic oxidation sites excluding steroid dienone is 2. The van der Waals surface area contributed by atoms with Crippen molar-refractivity contribution < 1.29 is 0 Å². The van der Waals surface area contributed by atoms with E-state index in [0.717, 1.165) is 17.1 Å². The van der Waals surface area contributed by atoms with Crippen LogP contribution in [0.25, 0.3) is 0 Å². The number of rotatable bonds is 3. The Labute approximate surface area is 107 Å². The topological polar surface area (TPSA) is 15.6 Å². The molecule has 0 saturated heterocycles. The Morgan fingerprint density at radius 1 is 1.35 bits per heavy atom. The number of anilines is 1. The summed E-state index contributed by atoms with van der Waals surface area (Å²) in [6.45, 7) is 2.12. The second-order valence-corrected chi connectivity index (χ2v) is 4.21. The lowest BCUT2D eigenvalue weighted by atomic mass is 10.2. The number of aliphatic imine (C=N–C) groups is 1. The highest BCUT2D eigenvalue weighted by atomic mass is 35.5. The van der Waals surface area contributed by atoms with E-state index in [2.05, 4.69) is 29.0 Å². The molecule has 1 aromatic carbocycles. The predicted molar refractivity (Wildman–Crippen MR) is 74.8 cm³/mol. The molecular weight excluding hydrogens is 232 g/mol. The quantitative estimate of drug-likeness (QED) is 0.735. The van der Waals surface area contributed by atoms with Gasteiger partial charge >= 0.3 is 0 Å². The third-order valence-corrected chi connectivity index (χ3v) is 2.78. The summed E-state index contributed by atoms with van der Waals surface area (Å²) < 4.78 is 0. The highest BCUT2D eigenvalue weighted by Crippen LogP contribution is 2.22. The monoisotopic (exact) mass is 246 g/mol. The fourth-order valence-corrected chi connectivity index (χ4v) is 1.81. The smallest absolute Gasteiger partial charge is 0.143 e. The zero-order chi connectivity index (χ0) is 12.1. The van der Waals surface area contributed by atoms with E-state index in [1.165, 1.54) is 0 Å². The lowest BCUT2D eigenvalue weighted by molar-refractivity contribution is 0.812. The zero-order valence-corrected chi connectivity index (χ0v) is 10.5. The molecule has 1 unspecified atom stereocenters. The van der Waals surface area contributed by atoms with Crippen LogP contribution in [0, 0.1) is 0 Å². The molecule has 2 rings (SSSR count). The van der Waals surface area contributed by atoms with Gasteiger partial charge in [-0.3, -0.25) is 4.99 Å². The third kappa shape index (κ3) is 2.98. The van der Waals surface area contributed by atoms with E-state index in [0.29, 0.717) is 0 Å². The Bertz CT molecular complexity index is 446. The van der Waals surface area contributed by atoms with Crippen molar-refractivity contribution >= 4 is 23.5 Å². The maximum absolute atomic E-state index is 5.89. The Morgan fingerprint density at radius 3 is 2.82 bits per heavy atom. The van der Waals surface area contributed by atoms with Crippen LogP contribution in [0.1, 0.15) is 13.3 Å². The first-order chi connectivity index (χ1) is 8.31. The average molecular weight is 247 g/mol. The lowest BCUT2D eigenvalue weighted by Gasteiger charge is -2.27. The van der Waals surface area contributed by atoms with E-state index in [1.807, 2.05) is 42.8 Å². The summed E-state index contributed by atoms with van der Waals surface area (Å²) in [6, 6.07) is 7.79. The summed E-state index contributed by atoms with van der Waals surface area (Å²) >= 11 is 5.89. The number of hydrogen-bond acceptors (Lipinski definition) is 2. The summed E-state index contributed by atoms with van der Waals surface area (Å²) in [7, 11) is 0. The van der Waals surface area contributed by atoms with Crippen LogP contribution in [-0.4, -0.2) is 12.4 Å². The zero-order valence-electron chi connectivity index (χ0n) is 9.75. The van der Waals surface area contributed by atoms with Crippen LogP contribution in [0.3, 0.4) is 0 Å². The van der Waals surface area contributed by atoms with Gasteiger partial charge in [0.1, 0.15) is 6.17 Å². The van der Waals surface area contributed by atoms with Gasteiger partial charge in [0.05, 0.1) is 0 Å². The van der Waals surface area contributed by atoms with Crippen molar-refractivity contribution in [2.24, 2.45) is 4.99 Å². The maximum Gasteiger partial charge on any atom is 0.143 e. The van der Waals surface area contributed by atoms with Crippen LogP contribution >= 0.6 is 11.6 Å². The molecule has 1 aromatic rings. The number of benzene rings is 1. The van der Waals surface area contributed by atoms with E-state index in [4.69, 9.17) is 11.6 Å². The van der Waals surface area contributed by atoms with Crippen molar-refractivity contribution in [3.8, 4) is 0 Å². The third-order valence-electron chi connectivity index (χ3n) is 2.53. The summed E-state index contributed by atoms with van der Waals surface area (Å²) in [5.74, 6) is 0. The average Bonchev–Trinajstić information content (AvgIpc) is 2.38. The summed E-state index contributed by atoms with van der Waals surface area (Å²) in [5, 5.41) is 0.749. The molecule has 1 heterocycles. The van der Waals surface area contributed by atoms with Gasteiger partial charge < -0.3 is 4.90 Å². The van der Waals surface area contributed by atoms with Crippen LogP contribution < -0.4 is 4.90 Å². The molecule has 0 saturated carbocycles. The Balaban J connectivity index is 2.23. The molecular formula is C14H15ClN2. The predicted octanol–water partition coefficient (Wildman–Crippen LogP) is 4.04. The van der Waals surface area contributed by atoms with Gasteiger partial charge in [0, 0.05) is 23.1 Å². The van der Waals surface area contributed by atoms with Gasteiger partial charge in [0.25, 0.3) is 0 Å². The van der Waals surface area contributed by atoms with Crippen molar-refractivity contribution in [1.29, 1.82) is 0 Å². The molecule has 1 atom stereocenters. The highest BCUT2D eigenvalue weighted by molar-refractivity contribution is 6.30. The molecule has 0 fully saturated rings. The van der Waals surface area contributed by atoms with Crippen molar-refractivity contribution in [3.63, 3.8) is 0 Å². The fraction of sp³-hybridized carbons (Fsp3) is 0.214. The number of hydrogen-bond donors (Lipinski definition) is 0. The SMILES string of the molecule is CCC=CC1N=CC=CN1c1ccc(Cl)cc1. The van der Waals surface area contributed by atoms with E-state index in [1.54, 1.807) is 0 Å². The van der Waals surface area contributed by atoms with Crippen LogP contribution in [0.5, 0.6) is 0 Å². The van der Waals surface area contributed by atoms with E-state index in [9.17, 15) is 0 Å². The number of halogens is 1. The largest absolute Gasteiger partial charge is 0.322 e. The van der Waals surface area contributed by atoms with E-state index < -0.39 is 0 Å². The molecule has 0 aromatic heterocycles. The molecule has 3 heteroatoms. The van der Waals surface area contributed by atoms with Crippen molar-refractivity contribution in [2.45, 2.75) is 19.5 Å². The minimum atomic E-state index is 0.0427. The fourth-order valence-electron chi connectivity index (χ4n) is 1.68. The summed E-state index contributed by atoms with van der Waals surface area (Å²) in [5.41, 5.74) is 1.09. The summed E-state index contributed by atoms with van der Waals surface area (Å²) in [4.78, 5) is 6.56. The first kappa shape index (κ1) is 11.9. The van der Waals surface area contributed by atoms with Crippen molar-refractivity contribution in [3.05, 3.63) is 53.7 Å². The van der Waals surface area contributed by atoms with Crippen LogP contribution in [0.15, 0.2) is 53.7 Å². The summed E-state index contributed by atoms with van der Waals surface area (Å²) in [6.07, 6.45) is 11.1. The Morgan fingerprint density at radius 2 is 2.12 bits per heavy atom. The molecule has 2 nitrogen and oxygen atoms in total. The molecule has 0 spiro atoms. The Kier molecular flexibility index (Phi) is 3.99. The minimum Gasteiger partial charge on any atom is -0.322 e. The molecule has 0 bridgehead atoms. The standard InChI is InChI=1S/C14H15ClN2/c1-2-3-5-14-16-10-4-11-17(14)13-8-6-12(15)7-9-13/h3-11,14H,2H2,1H3. The second kappa shape index (κ2) is 5.69.